The second kappa shape index (κ2) is 43.3. The van der Waals surface area contributed by atoms with E-state index in [1.807, 2.05) is 103 Å². The molecule has 17 nitrogen and oxygen atoms in total. The van der Waals surface area contributed by atoms with Gasteiger partial charge in [-0.1, -0.05) is 91.1 Å². The summed E-state index contributed by atoms with van der Waals surface area (Å²) in [4.78, 5) is 64.5. The zero-order valence-electron chi connectivity index (χ0n) is 75.5. The average molecular weight is 1950 g/mol. The van der Waals surface area contributed by atoms with Gasteiger partial charge in [-0.05, 0) is 230 Å². The smallest absolute Gasteiger partial charge is 0.253 e. The van der Waals surface area contributed by atoms with Crippen molar-refractivity contribution in [2.24, 2.45) is 29.6 Å². The molecular weight excluding hydrogens is 1830 g/mol. The summed E-state index contributed by atoms with van der Waals surface area (Å²) in [7, 11) is 0. The number of rotatable bonds is 23. The normalized spacial score (nSPS) is 24.9. The van der Waals surface area contributed by atoms with Crippen LogP contribution in [0.3, 0.4) is 0 Å². The van der Waals surface area contributed by atoms with Crippen LogP contribution in [0.25, 0.3) is 27.6 Å². The molecule has 14 heterocycles. The molecule has 3 N–H and O–H groups in total. The van der Waals surface area contributed by atoms with Crippen LogP contribution in [-0.2, 0) is 18.9 Å². The predicted molar refractivity (Wildman–Crippen MR) is 502 cm³/mol. The SMILES string of the molecule is CC1CC(O)(CCC(=O)c2cc(C3CCOCC3)n3cccc(Cl)c23)CCC1(F)F.C[C@@H]1CCC[C@](O)(CCC(=O)c2cc(C3CCOC3)n3cccc(Cl)c23)C1.O=C(CCC1CCC(F)(F)CC1)c1cc(C2CCOC2)n2cccc(Cl)c12.O=C(CCC1CCCC(F)(F)C1)c1cc(C2CCOC2)n2cccc(Cl)c12.O=C(NCC1CCC(F)(F)CC1)c1ccn2cccc(Cl)c12. The van der Waals surface area contributed by atoms with Gasteiger partial charge in [-0.15, -0.1) is 0 Å². The third kappa shape index (κ3) is 24.3. The number of ketones is 4. The molecule has 0 spiro atoms. The number of pyridine rings is 5. The van der Waals surface area contributed by atoms with Crippen LogP contribution in [0, 0.1) is 29.6 Å². The van der Waals surface area contributed by atoms with Gasteiger partial charge in [0.05, 0.1) is 89.3 Å². The summed E-state index contributed by atoms with van der Waals surface area (Å²) >= 11 is 31.9. The van der Waals surface area contributed by atoms with Crippen molar-refractivity contribution < 1.29 is 88.3 Å². The number of amides is 1. The topological polar surface area (TPSA) is 197 Å². The summed E-state index contributed by atoms with van der Waals surface area (Å²) in [6, 6.07) is 27.7. The zero-order valence-corrected chi connectivity index (χ0v) is 79.3. The highest BCUT2D eigenvalue weighted by atomic mass is 35.5. The first-order valence-corrected chi connectivity index (χ1v) is 49.5. The number of hydrogen-bond acceptors (Lipinski definition) is 11. The van der Waals surface area contributed by atoms with E-state index < -0.39 is 40.8 Å². The van der Waals surface area contributed by atoms with Crippen molar-refractivity contribution in [3.8, 4) is 0 Å². The third-order valence-corrected chi connectivity index (χ3v) is 30.9. The maximum absolute atomic E-state index is 13.8. The van der Waals surface area contributed by atoms with E-state index in [0.717, 1.165) is 117 Å². The number of ether oxygens (including phenoxy) is 4. The summed E-state index contributed by atoms with van der Waals surface area (Å²) in [5.41, 5.74) is 8.89. The second-order valence-corrected chi connectivity index (χ2v) is 41.1. The fraction of sp³-hybridized carbons (Fsp3) is 0.563. The van der Waals surface area contributed by atoms with Crippen molar-refractivity contribution in [3.63, 3.8) is 0 Å². The highest BCUT2D eigenvalue weighted by molar-refractivity contribution is 6.37. The maximum Gasteiger partial charge on any atom is 0.253 e. The Labute approximate surface area is 795 Å². The number of hydrogen-bond donors (Lipinski definition) is 3. The zero-order chi connectivity index (χ0) is 94.3. The number of carbonyl (C=O) groups excluding carboxylic acids is 5. The van der Waals surface area contributed by atoms with Gasteiger partial charge in [0, 0.05) is 222 Å². The molecule has 30 heteroatoms. The predicted octanol–water partition coefficient (Wildman–Crippen LogP) is 26.6. The molecule has 9 aliphatic rings. The fourth-order valence-corrected chi connectivity index (χ4v) is 23.0. The molecule has 5 aliphatic carbocycles. The molecular formula is C103H121Cl5F8N6O11. The van der Waals surface area contributed by atoms with Crippen LogP contribution in [0.5, 0.6) is 0 Å². The van der Waals surface area contributed by atoms with Crippen LogP contribution in [0.4, 0.5) is 35.1 Å². The average Bonchev–Trinajstić information content (AvgIpc) is 1.62. The molecule has 8 atom stereocenters. The minimum atomic E-state index is -2.75. The Morgan fingerprint density at radius 2 is 0.767 bits per heavy atom. The van der Waals surface area contributed by atoms with Crippen LogP contribution < -0.4 is 5.32 Å². The Morgan fingerprint density at radius 1 is 0.383 bits per heavy atom. The van der Waals surface area contributed by atoms with Crippen molar-refractivity contribution in [1.82, 2.24) is 27.3 Å². The molecule has 19 rings (SSSR count). The molecule has 5 saturated carbocycles. The van der Waals surface area contributed by atoms with Gasteiger partial charge >= 0.3 is 0 Å². The Hall–Kier alpha value is -7.40. The van der Waals surface area contributed by atoms with Crippen LogP contribution >= 0.6 is 58.0 Å². The van der Waals surface area contributed by atoms with E-state index in [0.29, 0.717) is 180 Å². The van der Waals surface area contributed by atoms with Gasteiger partial charge in [0.25, 0.3) is 11.8 Å². The maximum atomic E-state index is 13.8. The van der Waals surface area contributed by atoms with E-state index in [9.17, 15) is 69.3 Å². The molecule has 10 aromatic rings. The number of fused-ring (bicyclic) bond motifs is 5. The Balaban J connectivity index is 0.000000127. The number of nitrogens with one attached hydrogen (secondary N) is 1. The molecule has 0 aromatic carbocycles. The van der Waals surface area contributed by atoms with Crippen molar-refractivity contribution in [2.75, 3.05) is 59.4 Å². The number of carbonyl (C=O) groups is 5. The molecule has 0 bridgehead atoms. The van der Waals surface area contributed by atoms with Gasteiger partial charge in [0.15, 0.2) is 23.1 Å². The lowest BCUT2D eigenvalue weighted by Crippen LogP contribution is -2.44. The summed E-state index contributed by atoms with van der Waals surface area (Å²) in [5, 5.41) is 27.2. The molecule has 9 fully saturated rings. The minimum Gasteiger partial charge on any atom is -0.390 e. The molecule has 0 radical (unpaired) electrons. The van der Waals surface area contributed by atoms with Gasteiger partial charge in [0.2, 0.25) is 17.8 Å². The first-order valence-electron chi connectivity index (χ1n) is 47.6. The summed E-state index contributed by atoms with van der Waals surface area (Å²) in [6.45, 7) is 9.65. The fourth-order valence-electron chi connectivity index (χ4n) is 21.7. The highest BCUT2D eigenvalue weighted by Gasteiger charge is 2.48. The molecule has 133 heavy (non-hydrogen) atoms. The number of aliphatic hydroxyl groups is 2. The van der Waals surface area contributed by atoms with E-state index in [1.54, 1.807) is 47.0 Å². The Bertz CT molecular complexity index is 5750. The van der Waals surface area contributed by atoms with Crippen LogP contribution in [0.1, 0.15) is 318 Å². The van der Waals surface area contributed by atoms with Crippen molar-refractivity contribution >= 4 is 115 Å². The third-order valence-electron chi connectivity index (χ3n) is 29.4. The first-order chi connectivity index (χ1) is 63.5. The van der Waals surface area contributed by atoms with E-state index in [2.05, 4.69) is 12.2 Å². The van der Waals surface area contributed by atoms with Crippen molar-refractivity contribution in [3.05, 3.63) is 204 Å². The van der Waals surface area contributed by atoms with Crippen LogP contribution in [0.15, 0.2) is 128 Å². The van der Waals surface area contributed by atoms with Gasteiger partial charge < -0.3 is 56.5 Å². The quantitative estimate of drug-likeness (QED) is 0.0407. The highest BCUT2D eigenvalue weighted by Crippen LogP contribution is 2.48. The number of halogens is 13. The first kappa shape index (κ1) is 100. The van der Waals surface area contributed by atoms with Crippen molar-refractivity contribution in [2.45, 2.75) is 278 Å². The summed E-state index contributed by atoms with van der Waals surface area (Å²) < 4.78 is 140. The monoisotopic (exact) mass is 1940 g/mol. The van der Waals surface area contributed by atoms with E-state index >= 15 is 0 Å². The standard InChI is InChI=1S/C23H28ClF2NO3.C22H28ClNO3.2C21H24ClF2NO2.C16H17ClF2N2O/c1-15-14-22(29,8-9-23(15,25)26)7-4-20(28)17-13-19(16-5-11-30-12-6-16)27-10-2-3-18(24)21(17)27;1-15-4-2-8-22(26,13-15)9-6-20(25)17-12-19(16-7-11-27-14-16)24-10-3-5-18(23)21(17)24;22-17-4-2-9-25-18(15-7-10-27-13-15)11-16(20(17)25)19(26)6-5-14-3-1-8-21(23,24)12-14;22-17-2-1-10-25-18(15-7-11-27-13-15)12-16(20(17)25)19(26)4-3-14-5-8-21(23,24)9-6-14;17-13-2-1-8-21-9-5-12(14(13)21)15(22)20-10-11-3-6-16(18,19)7-4-11/h2-3,10,13,15-16,29H,4-9,11-12,14H2,1H3;3,5,10,12,15-16,26H,2,4,6-9,11,13-14H2,1H3;2,4,9,11,14-15H,1,3,5-8,10,12-13H2;1-2,10,12,14-15H,3-9,11,13H2;1-2,5,8-9,11H,3-4,6-7,10H2,(H,20,22)/t;15-,16?,22+;;;/m.1.../s1. The molecule has 10 aromatic heterocycles. The van der Waals surface area contributed by atoms with Gasteiger partial charge in [-0.3, -0.25) is 24.0 Å². The Kier molecular flexibility index (Phi) is 32.6. The van der Waals surface area contributed by atoms with Gasteiger partial charge in [-0.2, -0.15) is 0 Å². The van der Waals surface area contributed by atoms with E-state index in [1.165, 1.54) is 13.3 Å². The van der Waals surface area contributed by atoms with Gasteiger partial charge in [0.1, 0.15) is 0 Å². The lowest BCUT2D eigenvalue weighted by Gasteiger charge is -2.40. The molecule has 6 unspecified atom stereocenters. The molecule has 4 saturated heterocycles. The largest absolute Gasteiger partial charge is 0.390 e. The van der Waals surface area contributed by atoms with E-state index in [4.69, 9.17) is 77.0 Å². The molecule has 4 aliphatic heterocycles. The molecule has 1 amide bonds. The summed E-state index contributed by atoms with van der Waals surface area (Å²) in [6.07, 6.45) is 25.3. The lowest BCUT2D eigenvalue weighted by atomic mass is 9.74. The number of alkyl halides is 8. The number of nitrogens with zero attached hydrogens (tertiary/aromatic N) is 5. The van der Waals surface area contributed by atoms with Gasteiger partial charge in [-0.25, -0.2) is 35.1 Å². The number of Topliss-reactive ketones (excluding diaryl/α,β-unsaturated/α-hetero) is 4. The van der Waals surface area contributed by atoms with Crippen molar-refractivity contribution in [1.29, 1.82) is 0 Å². The second-order valence-electron chi connectivity index (χ2n) is 39.1. The van der Waals surface area contributed by atoms with Crippen LogP contribution in [0.2, 0.25) is 25.1 Å². The van der Waals surface area contributed by atoms with E-state index in [-0.39, 0.29) is 142 Å². The number of aromatic nitrogens is 5. The lowest BCUT2D eigenvalue weighted by molar-refractivity contribution is -0.142. The minimum absolute atomic E-state index is 0.0118. The van der Waals surface area contributed by atoms with Crippen LogP contribution in [-0.4, -0.2) is 156 Å². The Morgan fingerprint density at radius 3 is 1.19 bits per heavy atom. The molecule has 720 valence electrons. The summed E-state index contributed by atoms with van der Waals surface area (Å²) in [5.74, 6) is -9.64.